The lowest BCUT2D eigenvalue weighted by Gasteiger charge is -2.32. The summed E-state index contributed by atoms with van der Waals surface area (Å²) in [6.45, 7) is 2.22. The minimum Gasteiger partial charge on any atom is -0.359 e. The van der Waals surface area contributed by atoms with Gasteiger partial charge in [-0.3, -0.25) is 4.79 Å². The summed E-state index contributed by atoms with van der Waals surface area (Å²) in [5.74, 6) is 2.35. The standard InChI is InChI=1S/C16H20N4O2/c1-4-12-22-16(14-8-6-5-7-9-14)13(2)20(3)15(21)10-11-18-19-17/h1,5-9,13,16H,10-12H2,2-3H3/t13-,16-/m0/s1. The van der Waals surface area contributed by atoms with E-state index in [2.05, 4.69) is 15.9 Å². The predicted molar refractivity (Wildman–Crippen MR) is 84.8 cm³/mol. The third-order valence-corrected chi connectivity index (χ3v) is 3.41. The second-order valence-electron chi connectivity index (χ2n) is 4.80. The van der Waals surface area contributed by atoms with Gasteiger partial charge in [-0.15, -0.1) is 6.42 Å². The van der Waals surface area contributed by atoms with Gasteiger partial charge in [0.25, 0.3) is 0 Å². The fourth-order valence-electron chi connectivity index (χ4n) is 2.09. The van der Waals surface area contributed by atoms with Crippen molar-refractivity contribution < 1.29 is 9.53 Å². The summed E-state index contributed by atoms with van der Waals surface area (Å²) >= 11 is 0. The van der Waals surface area contributed by atoms with Crippen LogP contribution in [-0.2, 0) is 9.53 Å². The van der Waals surface area contributed by atoms with Crippen LogP contribution in [0.25, 0.3) is 10.4 Å². The molecule has 1 rings (SSSR count). The number of hydrogen-bond acceptors (Lipinski definition) is 3. The van der Waals surface area contributed by atoms with Crippen molar-refractivity contribution in [2.24, 2.45) is 5.11 Å². The molecule has 1 amide bonds. The number of rotatable bonds is 8. The molecule has 0 heterocycles. The van der Waals surface area contributed by atoms with E-state index in [9.17, 15) is 4.79 Å². The highest BCUT2D eigenvalue weighted by atomic mass is 16.5. The summed E-state index contributed by atoms with van der Waals surface area (Å²) < 4.78 is 5.72. The minimum absolute atomic E-state index is 0.106. The Kier molecular flexibility index (Phi) is 7.55. The normalized spacial score (nSPS) is 12.6. The Morgan fingerprint density at radius 3 is 2.77 bits per heavy atom. The van der Waals surface area contributed by atoms with Crippen LogP contribution in [0.2, 0.25) is 0 Å². The lowest BCUT2D eigenvalue weighted by molar-refractivity contribution is -0.134. The van der Waals surface area contributed by atoms with Crippen LogP contribution in [0.15, 0.2) is 35.4 Å². The van der Waals surface area contributed by atoms with Crippen LogP contribution < -0.4 is 0 Å². The summed E-state index contributed by atoms with van der Waals surface area (Å²) in [5, 5.41) is 3.38. The number of amides is 1. The van der Waals surface area contributed by atoms with Gasteiger partial charge in [-0.2, -0.15) is 0 Å². The number of terminal acetylenes is 1. The van der Waals surface area contributed by atoms with Crippen LogP contribution in [0.5, 0.6) is 0 Å². The van der Waals surface area contributed by atoms with Crippen LogP contribution in [0.3, 0.4) is 0 Å². The summed E-state index contributed by atoms with van der Waals surface area (Å²) in [5.41, 5.74) is 9.21. The van der Waals surface area contributed by atoms with Gasteiger partial charge in [0.05, 0.1) is 6.04 Å². The van der Waals surface area contributed by atoms with E-state index in [-0.39, 0.29) is 37.6 Å². The molecular formula is C16H20N4O2. The quantitative estimate of drug-likeness (QED) is 0.320. The Labute approximate surface area is 130 Å². The maximum absolute atomic E-state index is 12.1. The van der Waals surface area contributed by atoms with Gasteiger partial charge >= 0.3 is 0 Å². The third-order valence-electron chi connectivity index (χ3n) is 3.41. The van der Waals surface area contributed by atoms with Crippen molar-refractivity contribution in [2.75, 3.05) is 20.2 Å². The molecule has 0 spiro atoms. The van der Waals surface area contributed by atoms with Gasteiger partial charge in [-0.25, -0.2) is 0 Å². The molecule has 6 nitrogen and oxygen atoms in total. The maximum Gasteiger partial charge on any atom is 0.222 e. The molecule has 0 N–H and O–H groups in total. The zero-order chi connectivity index (χ0) is 16.4. The summed E-state index contributed by atoms with van der Waals surface area (Å²) in [4.78, 5) is 16.4. The van der Waals surface area contributed by atoms with Crippen molar-refractivity contribution >= 4 is 5.91 Å². The molecule has 2 atom stereocenters. The van der Waals surface area contributed by atoms with Crippen molar-refractivity contribution in [1.29, 1.82) is 0 Å². The zero-order valence-electron chi connectivity index (χ0n) is 12.8. The number of carbonyl (C=O) groups excluding carboxylic acids is 1. The van der Waals surface area contributed by atoms with Crippen LogP contribution >= 0.6 is 0 Å². The van der Waals surface area contributed by atoms with Crippen molar-refractivity contribution in [3.05, 3.63) is 46.3 Å². The van der Waals surface area contributed by atoms with E-state index in [0.29, 0.717) is 0 Å². The average molecular weight is 300 g/mol. The highest BCUT2D eigenvalue weighted by Crippen LogP contribution is 2.24. The first-order chi connectivity index (χ1) is 10.6. The third kappa shape index (κ3) is 5.13. The molecule has 22 heavy (non-hydrogen) atoms. The topological polar surface area (TPSA) is 78.3 Å². The molecule has 0 radical (unpaired) electrons. The molecule has 0 saturated heterocycles. The largest absolute Gasteiger partial charge is 0.359 e. The first-order valence-corrected chi connectivity index (χ1v) is 6.98. The van der Waals surface area contributed by atoms with Gasteiger partial charge in [-0.05, 0) is 18.0 Å². The smallest absolute Gasteiger partial charge is 0.222 e. The monoisotopic (exact) mass is 300 g/mol. The Morgan fingerprint density at radius 1 is 1.50 bits per heavy atom. The molecule has 6 heteroatoms. The number of ether oxygens (including phenoxy) is 1. The lowest BCUT2D eigenvalue weighted by Crippen LogP contribution is -2.40. The van der Waals surface area contributed by atoms with Crippen LogP contribution in [0.1, 0.15) is 25.0 Å². The number of likely N-dealkylation sites (N-methyl/N-ethyl adjacent to an activating group) is 1. The van der Waals surface area contributed by atoms with Gasteiger partial charge in [-0.1, -0.05) is 41.4 Å². The lowest BCUT2D eigenvalue weighted by atomic mass is 10.0. The number of benzene rings is 1. The minimum atomic E-state index is -0.314. The summed E-state index contributed by atoms with van der Waals surface area (Å²) in [6, 6.07) is 9.43. The van der Waals surface area contributed by atoms with Crippen LogP contribution in [-0.4, -0.2) is 37.0 Å². The SMILES string of the molecule is C#CCO[C@H](c1ccccc1)[C@H](C)N(C)C(=O)CCN=[N+]=[N-]. The van der Waals surface area contributed by atoms with E-state index in [1.807, 2.05) is 37.3 Å². The molecule has 116 valence electrons. The Bertz CT molecular complexity index is 561. The van der Waals surface area contributed by atoms with E-state index < -0.39 is 0 Å². The van der Waals surface area contributed by atoms with E-state index in [0.717, 1.165) is 5.56 Å². The first kappa shape index (κ1) is 17.6. The predicted octanol–water partition coefficient (Wildman–Crippen LogP) is 2.92. The van der Waals surface area contributed by atoms with E-state index in [1.165, 1.54) is 0 Å². The molecule has 0 aliphatic rings. The molecule has 1 aromatic rings. The number of nitrogens with zero attached hydrogens (tertiary/aromatic N) is 4. The van der Waals surface area contributed by atoms with Crippen molar-refractivity contribution in [3.63, 3.8) is 0 Å². The second kappa shape index (κ2) is 9.46. The molecule has 0 bridgehead atoms. The summed E-state index contributed by atoms with van der Waals surface area (Å²) in [7, 11) is 1.71. The highest BCUT2D eigenvalue weighted by molar-refractivity contribution is 5.76. The van der Waals surface area contributed by atoms with E-state index in [1.54, 1.807) is 11.9 Å². The van der Waals surface area contributed by atoms with E-state index >= 15 is 0 Å². The molecule has 1 aromatic carbocycles. The second-order valence-corrected chi connectivity index (χ2v) is 4.80. The number of carbonyl (C=O) groups is 1. The summed E-state index contributed by atoms with van der Waals surface area (Å²) in [6.07, 6.45) is 5.12. The van der Waals surface area contributed by atoms with Crippen LogP contribution in [0, 0.1) is 12.3 Å². The molecule has 0 unspecified atom stereocenters. The van der Waals surface area contributed by atoms with Gasteiger partial charge in [0.1, 0.15) is 12.7 Å². The fourth-order valence-corrected chi connectivity index (χ4v) is 2.09. The molecule has 0 aliphatic heterocycles. The Morgan fingerprint density at radius 2 is 2.18 bits per heavy atom. The number of azide groups is 1. The fraction of sp³-hybridized carbons (Fsp3) is 0.438. The molecular weight excluding hydrogens is 280 g/mol. The number of hydrogen-bond donors (Lipinski definition) is 0. The maximum atomic E-state index is 12.1. The molecule has 0 aliphatic carbocycles. The van der Waals surface area contributed by atoms with Gasteiger partial charge in [0, 0.05) is 24.9 Å². The molecule has 0 aromatic heterocycles. The van der Waals surface area contributed by atoms with Crippen molar-refractivity contribution in [2.45, 2.75) is 25.5 Å². The van der Waals surface area contributed by atoms with Crippen LogP contribution in [0.4, 0.5) is 0 Å². The van der Waals surface area contributed by atoms with Gasteiger partial charge in [0.2, 0.25) is 5.91 Å². The molecule has 0 fully saturated rings. The van der Waals surface area contributed by atoms with Crippen molar-refractivity contribution in [3.8, 4) is 12.3 Å². The highest BCUT2D eigenvalue weighted by Gasteiger charge is 2.26. The molecule has 0 saturated carbocycles. The Balaban J connectivity index is 2.82. The average Bonchev–Trinajstić information content (AvgIpc) is 2.55. The Hall–Kier alpha value is -2.48. The van der Waals surface area contributed by atoms with E-state index in [4.69, 9.17) is 16.7 Å². The first-order valence-electron chi connectivity index (χ1n) is 6.98. The van der Waals surface area contributed by atoms with Gasteiger partial charge < -0.3 is 9.64 Å². The van der Waals surface area contributed by atoms with Crippen molar-refractivity contribution in [1.82, 2.24) is 4.90 Å². The zero-order valence-corrected chi connectivity index (χ0v) is 12.8. The van der Waals surface area contributed by atoms with Gasteiger partial charge in [0.15, 0.2) is 0 Å².